The summed E-state index contributed by atoms with van der Waals surface area (Å²) in [5.74, 6) is 1.14. The lowest BCUT2D eigenvalue weighted by atomic mass is 10.2. The van der Waals surface area contributed by atoms with E-state index < -0.39 is 0 Å². The summed E-state index contributed by atoms with van der Waals surface area (Å²) in [4.78, 5) is 19.1. The average molecular weight is 385 g/mol. The Bertz CT molecular complexity index is 886. The minimum absolute atomic E-state index is 0.0352. The Labute approximate surface area is 162 Å². The molecular weight excluding hydrogens is 362 g/mol. The van der Waals surface area contributed by atoms with Gasteiger partial charge in [-0.3, -0.25) is 9.69 Å². The van der Waals surface area contributed by atoms with Gasteiger partial charge in [-0.05, 0) is 26.1 Å². The van der Waals surface area contributed by atoms with Crippen molar-refractivity contribution in [1.82, 2.24) is 9.88 Å². The molecule has 0 radical (unpaired) electrons. The molecule has 6 nitrogen and oxygen atoms in total. The zero-order valence-electron chi connectivity index (χ0n) is 15.9. The Hall–Kier alpha value is -2.64. The van der Waals surface area contributed by atoms with Crippen molar-refractivity contribution in [1.29, 1.82) is 0 Å². The molecule has 0 aliphatic carbocycles. The van der Waals surface area contributed by atoms with Gasteiger partial charge >= 0.3 is 0 Å². The largest absolute Gasteiger partial charge is 0.497 e. The van der Waals surface area contributed by atoms with Crippen molar-refractivity contribution in [3.05, 3.63) is 47.5 Å². The Morgan fingerprint density at radius 2 is 1.85 bits per heavy atom. The monoisotopic (exact) mass is 385 g/mol. The van der Waals surface area contributed by atoms with E-state index in [-0.39, 0.29) is 18.5 Å². The van der Waals surface area contributed by atoms with Gasteiger partial charge in [0.1, 0.15) is 16.5 Å². The Kier molecular flexibility index (Phi) is 5.93. The highest BCUT2D eigenvalue weighted by Gasteiger charge is 2.19. The first-order valence-electron chi connectivity index (χ1n) is 8.58. The van der Waals surface area contributed by atoms with Crippen LogP contribution in [0.15, 0.2) is 42.5 Å². The topological polar surface area (TPSA) is 63.7 Å². The minimum atomic E-state index is -0.110. The van der Waals surface area contributed by atoms with E-state index in [0.717, 1.165) is 15.2 Å². The predicted molar refractivity (Wildman–Crippen MR) is 109 cm³/mol. The lowest BCUT2D eigenvalue weighted by Gasteiger charge is -2.22. The van der Waals surface area contributed by atoms with E-state index in [1.165, 1.54) is 0 Å². The van der Waals surface area contributed by atoms with Gasteiger partial charge in [0.15, 0.2) is 0 Å². The van der Waals surface area contributed by atoms with Gasteiger partial charge in [0.2, 0.25) is 5.91 Å². The van der Waals surface area contributed by atoms with Crippen LogP contribution >= 0.6 is 11.3 Å². The zero-order chi connectivity index (χ0) is 19.4. The molecule has 7 heteroatoms. The number of rotatable bonds is 7. The van der Waals surface area contributed by atoms with Crippen LogP contribution in [0.4, 0.5) is 5.69 Å². The van der Waals surface area contributed by atoms with Gasteiger partial charge < -0.3 is 14.8 Å². The number of nitrogens with one attached hydrogen (secondary N) is 1. The van der Waals surface area contributed by atoms with E-state index in [1.807, 2.05) is 30.1 Å². The van der Waals surface area contributed by atoms with Gasteiger partial charge in [-0.2, -0.15) is 0 Å². The number of fused-ring (bicyclic) bond motifs is 1. The zero-order valence-corrected chi connectivity index (χ0v) is 16.7. The smallest absolute Gasteiger partial charge is 0.238 e. The van der Waals surface area contributed by atoms with Crippen LogP contribution in [0.2, 0.25) is 0 Å². The van der Waals surface area contributed by atoms with Crippen molar-refractivity contribution in [2.24, 2.45) is 0 Å². The molecule has 0 bridgehead atoms. The van der Waals surface area contributed by atoms with Crippen molar-refractivity contribution in [2.45, 2.75) is 13.0 Å². The fraction of sp³-hybridized carbons (Fsp3) is 0.300. The molecule has 0 aliphatic rings. The van der Waals surface area contributed by atoms with Crippen molar-refractivity contribution in [3.8, 4) is 11.5 Å². The second kappa shape index (κ2) is 8.37. The first-order valence-corrected chi connectivity index (χ1v) is 9.40. The molecule has 0 saturated heterocycles. The van der Waals surface area contributed by atoms with Gasteiger partial charge in [0, 0.05) is 23.9 Å². The summed E-state index contributed by atoms with van der Waals surface area (Å²) in [6.07, 6.45) is 0. The van der Waals surface area contributed by atoms with Crippen molar-refractivity contribution in [3.63, 3.8) is 0 Å². The second-order valence-electron chi connectivity index (χ2n) is 6.26. The van der Waals surface area contributed by atoms with Gasteiger partial charge in [0.05, 0.1) is 37.0 Å². The quantitative estimate of drug-likeness (QED) is 0.667. The van der Waals surface area contributed by atoms with Crippen LogP contribution in [-0.2, 0) is 4.79 Å². The summed E-state index contributed by atoms with van der Waals surface area (Å²) >= 11 is 1.66. The highest BCUT2D eigenvalue weighted by atomic mass is 32.1. The average Bonchev–Trinajstić information content (AvgIpc) is 3.10. The summed E-state index contributed by atoms with van der Waals surface area (Å²) in [6, 6.07) is 13.4. The van der Waals surface area contributed by atoms with E-state index >= 15 is 0 Å². The molecule has 2 aromatic carbocycles. The second-order valence-corrected chi connectivity index (χ2v) is 7.32. The summed E-state index contributed by atoms with van der Waals surface area (Å²) in [7, 11) is 5.07. The van der Waals surface area contributed by atoms with Crippen LogP contribution in [0, 0.1) is 0 Å². The number of benzene rings is 2. The molecule has 0 unspecified atom stereocenters. The van der Waals surface area contributed by atoms with E-state index in [4.69, 9.17) is 9.47 Å². The number of carbonyl (C=O) groups excluding carboxylic acids is 1. The number of nitrogens with zero attached hydrogens (tertiary/aromatic N) is 2. The molecule has 1 amide bonds. The number of carbonyl (C=O) groups is 1. The van der Waals surface area contributed by atoms with Gasteiger partial charge in [-0.25, -0.2) is 4.98 Å². The Balaban J connectivity index is 1.66. The molecule has 0 fully saturated rings. The molecule has 0 aliphatic heterocycles. The number of hydrogen-bond donors (Lipinski definition) is 1. The molecule has 1 aromatic heterocycles. The molecule has 0 spiro atoms. The number of thiazole rings is 1. The van der Waals surface area contributed by atoms with Crippen LogP contribution < -0.4 is 14.8 Å². The SMILES string of the molecule is COc1cc(NC(=O)CN(C)[C@H](C)c2nc3ccccc3s2)cc(OC)c1. The molecule has 1 atom stereocenters. The number of hydrogen-bond acceptors (Lipinski definition) is 6. The van der Waals surface area contributed by atoms with Crippen LogP contribution in [-0.4, -0.2) is 43.6 Å². The van der Waals surface area contributed by atoms with E-state index in [2.05, 4.69) is 23.3 Å². The fourth-order valence-corrected chi connectivity index (χ4v) is 3.79. The van der Waals surface area contributed by atoms with Crippen LogP contribution in [0.1, 0.15) is 18.0 Å². The van der Waals surface area contributed by atoms with Crippen molar-refractivity contribution < 1.29 is 14.3 Å². The minimum Gasteiger partial charge on any atom is -0.497 e. The number of likely N-dealkylation sites (N-methyl/N-ethyl adjacent to an activating group) is 1. The highest BCUT2D eigenvalue weighted by molar-refractivity contribution is 7.18. The molecule has 1 heterocycles. The normalized spacial score (nSPS) is 12.2. The molecule has 27 heavy (non-hydrogen) atoms. The van der Waals surface area contributed by atoms with Crippen LogP contribution in [0.5, 0.6) is 11.5 Å². The van der Waals surface area contributed by atoms with Crippen LogP contribution in [0.25, 0.3) is 10.2 Å². The van der Waals surface area contributed by atoms with E-state index in [0.29, 0.717) is 17.2 Å². The third-order valence-electron chi connectivity index (χ3n) is 4.36. The lowest BCUT2D eigenvalue weighted by molar-refractivity contribution is -0.117. The number of anilines is 1. The van der Waals surface area contributed by atoms with Crippen molar-refractivity contribution >= 4 is 33.1 Å². The van der Waals surface area contributed by atoms with Crippen LogP contribution in [0.3, 0.4) is 0 Å². The molecule has 3 rings (SSSR count). The maximum atomic E-state index is 12.5. The maximum Gasteiger partial charge on any atom is 0.238 e. The molecule has 3 aromatic rings. The third-order valence-corrected chi connectivity index (χ3v) is 5.56. The Morgan fingerprint density at radius 3 is 2.48 bits per heavy atom. The third kappa shape index (κ3) is 4.56. The number of amides is 1. The first kappa shape index (κ1) is 19.1. The Morgan fingerprint density at radius 1 is 1.19 bits per heavy atom. The number of methoxy groups -OCH3 is 2. The summed E-state index contributed by atoms with van der Waals surface area (Å²) < 4.78 is 11.6. The van der Waals surface area contributed by atoms with E-state index in [9.17, 15) is 4.79 Å². The maximum absolute atomic E-state index is 12.5. The van der Waals surface area contributed by atoms with Crippen molar-refractivity contribution in [2.75, 3.05) is 33.1 Å². The molecule has 1 N–H and O–H groups in total. The molecular formula is C20H23N3O3S. The van der Waals surface area contributed by atoms with Gasteiger partial charge in [-0.15, -0.1) is 11.3 Å². The standard InChI is InChI=1S/C20H23N3O3S/c1-13(20-22-17-7-5-6-8-18(17)27-20)23(2)12-19(24)21-14-9-15(25-3)11-16(10-14)26-4/h5-11,13H,12H2,1-4H3,(H,21,24)/t13-/m1/s1. The number of aromatic nitrogens is 1. The van der Waals surface area contributed by atoms with Gasteiger partial charge in [0.25, 0.3) is 0 Å². The predicted octanol–water partition coefficient (Wildman–Crippen LogP) is 3.95. The summed E-state index contributed by atoms with van der Waals surface area (Å²) in [5.41, 5.74) is 1.63. The summed E-state index contributed by atoms with van der Waals surface area (Å²) in [6.45, 7) is 2.30. The summed E-state index contributed by atoms with van der Waals surface area (Å²) in [5, 5.41) is 3.89. The molecule has 142 valence electrons. The highest BCUT2D eigenvalue weighted by Crippen LogP contribution is 2.29. The number of ether oxygens (including phenoxy) is 2. The number of para-hydroxylation sites is 1. The fourth-order valence-electron chi connectivity index (χ4n) is 2.70. The molecule has 0 saturated carbocycles. The van der Waals surface area contributed by atoms with E-state index in [1.54, 1.807) is 43.8 Å². The first-order chi connectivity index (χ1) is 13.0. The van der Waals surface area contributed by atoms with Gasteiger partial charge in [-0.1, -0.05) is 12.1 Å². The lowest BCUT2D eigenvalue weighted by Crippen LogP contribution is -2.32.